The molecule has 0 spiro atoms. The summed E-state index contributed by atoms with van der Waals surface area (Å²) in [5.41, 5.74) is 1.73. The van der Waals surface area contributed by atoms with E-state index in [9.17, 15) is 9.59 Å². The van der Waals surface area contributed by atoms with Gasteiger partial charge in [0.25, 0.3) is 0 Å². The summed E-state index contributed by atoms with van der Waals surface area (Å²) >= 11 is 1.19. The van der Waals surface area contributed by atoms with Gasteiger partial charge in [-0.05, 0) is 28.1 Å². The van der Waals surface area contributed by atoms with Gasteiger partial charge in [0.15, 0.2) is 0 Å². The molecule has 3 rings (SSSR count). The first-order valence-electron chi connectivity index (χ1n) is 8.55. The van der Waals surface area contributed by atoms with Crippen LogP contribution in [-0.4, -0.2) is 51.0 Å². The highest BCUT2D eigenvalue weighted by molar-refractivity contribution is 7.99. The Hall–Kier alpha value is -3.20. The Morgan fingerprint density at radius 2 is 1.79 bits per heavy atom. The van der Waals surface area contributed by atoms with Crippen molar-refractivity contribution < 1.29 is 14.3 Å². The fourth-order valence-electron chi connectivity index (χ4n) is 2.55. The number of esters is 1. The van der Waals surface area contributed by atoms with Crippen LogP contribution in [0.1, 0.15) is 5.56 Å². The van der Waals surface area contributed by atoms with Gasteiger partial charge in [-0.3, -0.25) is 4.79 Å². The number of amides is 1. The molecule has 0 radical (unpaired) electrons. The summed E-state index contributed by atoms with van der Waals surface area (Å²) in [6, 6.07) is 18.1. The second-order valence-electron chi connectivity index (χ2n) is 5.83. The fraction of sp³-hybridized carbons (Fsp3) is 0.211. The van der Waals surface area contributed by atoms with Crippen molar-refractivity contribution in [1.82, 2.24) is 25.5 Å². The van der Waals surface area contributed by atoms with E-state index in [2.05, 4.69) is 20.8 Å². The molecule has 0 fully saturated rings. The van der Waals surface area contributed by atoms with Crippen molar-refractivity contribution in [2.75, 3.05) is 12.9 Å². The lowest BCUT2D eigenvalue weighted by molar-refractivity contribution is -0.144. The van der Waals surface area contributed by atoms with Crippen LogP contribution >= 0.6 is 11.8 Å². The Morgan fingerprint density at radius 3 is 2.46 bits per heavy atom. The van der Waals surface area contributed by atoms with Crippen molar-refractivity contribution in [3.8, 4) is 5.69 Å². The van der Waals surface area contributed by atoms with Gasteiger partial charge in [0.1, 0.15) is 6.04 Å². The molecule has 1 atom stereocenters. The molecule has 1 amide bonds. The van der Waals surface area contributed by atoms with Crippen LogP contribution in [0.2, 0.25) is 0 Å². The summed E-state index contributed by atoms with van der Waals surface area (Å²) < 4.78 is 6.37. The molecule has 28 heavy (non-hydrogen) atoms. The van der Waals surface area contributed by atoms with E-state index >= 15 is 0 Å². The molecule has 1 heterocycles. The molecule has 0 unspecified atom stereocenters. The standard InChI is InChI=1S/C19H19N5O3S/c1-27-18(26)16(12-14-8-4-2-5-9-14)20-17(25)13-28-19-21-22-23-24(19)15-10-6-3-7-11-15/h2-11,16H,12-13H2,1H3,(H,20,25)/t16-/m0/s1. The van der Waals surface area contributed by atoms with Crippen molar-refractivity contribution in [1.29, 1.82) is 0 Å². The van der Waals surface area contributed by atoms with Gasteiger partial charge in [0.2, 0.25) is 11.1 Å². The maximum absolute atomic E-state index is 12.4. The Morgan fingerprint density at radius 1 is 1.11 bits per heavy atom. The van der Waals surface area contributed by atoms with Crippen LogP contribution in [0.15, 0.2) is 65.8 Å². The zero-order valence-corrected chi connectivity index (χ0v) is 16.0. The van der Waals surface area contributed by atoms with Crippen LogP contribution in [0, 0.1) is 0 Å². The van der Waals surface area contributed by atoms with Crippen molar-refractivity contribution in [2.24, 2.45) is 0 Å². The molecule has 0 saturated carbocycles. The zero-order chi connectivity index (χ0) is 19.8. The van der Waals surface area contributed by atoms with Gasteiger partial charge in [-0.25, -0.2) is 4.79 Å². The minimum Gasteiger partial charge on any atom is -0.467 e. The number of hydrogen-bond donors (Lipinski definition) is 1. The summed E-state index contributed by atoms with van der Waals surface area (Å²) in [4.78, 5) is 24.4. The van der Waals surface area contributed by atoms with Crippen LogP contribution < -0.4 is 5.32 Å². The maximum atomic E-state index is 12.4. The fourth-order valence-corrected chi connectivity index (χ4v) is 3.25. The average molecular weight is 397 g/mol. The van der Waals surface area contributed by atoms with Gasteiger partial charge in [-0.2, -0.15) is 4.68 Å². The van der Waals surface area contributed by atoms with Crippen LogP contribution in [0.25, 0.3) is 5.69 Å². The number of tetrazole rings is 1. The van der Waals surface area contributed by atoms with Gasteiger partial charge < -0.3 is 10.1 Å². The van der Waals surface area contributed by atoms with Crippen molar-refractivity contribution >= 4 is 23.6 Å². The van der Waals surface area contributed by atoms with Gasteiger partial charge in [-0.1, -0.05) is 60.3 Å². The molecule has 8 nitrogen and oxygen atoms in total. The number of hydrogen-bond acceptors (Lipinski definition) is 7. The Kier molecular flexibility index (Phi) is 6.74. The lowest BCUT2D eigenvalue weighted by atomic mass is 10.1. The minimum atomic E-state index is -0.759. The molecule has 1 aromatic heterocycles. The highest BCUT2D eigenvalue weighted by Crippen LogP contribution is 2.17. The topological polar surface area (TPSA) is 99.0 Å². The molecule has 2 aromatic carbocycles. The first kappa shape index (κ1) is 19.6. The number of thioether (sulfide) groups is 1. The maximum Gasteiger partial charge on any atom is 0.328 e. The number of aromatic nitrogens is 4. The number of ether oxygens (including phenoxy) is 1. The van der Waals surface area contributed by atoms with E-state index in [0.717, 1.165) is 11.3 Å². The van der Waals surface area contributed by atoms with Crippen LogP contribution in [0.5, 0.6) is 0 Å². The van der Waals surface area contributed by atoms with E-state index in [1.807, 2.05) is 60.7 Å². The molecule has 9 heteroatoms. The molecule has 0 aliphatic rings. The van der Waals surface area contributed by atoms with E-state index in [0.29, 0.717) is 11.6 Å². The van der Waals surface area contributed by atoms with E-state index in [1.54, 1.807) is 4.68 Å². The highest BCUT2D eigenvalue weighted by atomic mass is 32.2. The summed E-state index contributed by atoms with van der Waals surface area (Å²) in [5, 5.41) is 14.8. The molecule has 3 aromatic rings. The van der Waals surface area contributed by atoms with Crippen molar-refractivity contribution in [2.45, 2.75) is 17.6 Å². The SMILES string of the molecule is COC(=O)[C@H](Cc1ccccc1)NC(=O)CSc1nnnn1-c1ccccc1. The van der Waals surface area contributed by atoms with Gasteiger partial charge in [0, 0.05) is 6.42 Å². The summed E-state index contributed by atoms with van der Waals surface area (Å²) in [5.74, 6) is -0.731. The largest absolute Gasteiger partial charge is 0.467 e. The number of para-hydroxylation sites is 1. The van der Waals surface area contributed by atoms with E-state index < -0.39 is 12.0 Å². The lowest BCUT2D eigenvalue weighted by Gasteiger charge is -2.16. The van der Waals surface area contributed by atoms with E-state index in [1.165, 1.54) is 18.9 Å². The quantitative estimate of drug-likeness (QED) is 0.456. The van der Waals surface area contributed by atoms with Crippen molar-refractivity contribution in [3.05, 3.63) is 66.2 Å². The molecule has 0 aliphatic heterocycles. The monoisotopic (exact) mass is 397 g/mol. The molecular weight excluding hydrogens is 378 g/mol. The van der Waals surface area contributed by atoms with Crippen LogP contribution in [0.3, 0.4) is 0 Å². The smallest absolute Gasteiger partial charge is 0.328 e. The highest BCUT2D eigenvalue weighted by Gasteiger charge is 2.22. The number of nitrogens with one attached hydrogen (secondary N) is 1. The third kappa shape index (κ3) is 5.17. The van der Waals surface area contributed by atoms with E-state index in [4.69, 9.17) is 4.74 Å². The molecule has 144 valence electrons. The van der Waals surface area contributed by atoms with Gasteiger partial charge in [-0.15, -0.1) is 5.10 Å². The molecule has 0 aliphatic carbocycles. The third-order valence-electron chi connectivity index (χ3n) is 3.88. The second kappa shape index (κ2) is 9.65. The lowest BCUT2D eigenvalue weighted by Crippen LogP contribution is -2.43. The average Bonchev–Trinajstić information content (AvgIpc) is 3.21. The number of rotatable bonds is 8. The second-order valence-corrected chi connectivity index (χ2v) is 6.77. The first-order chi connectivity index (χ1) is 13.7. The molecule has 0 saturated heterocycles. The predicted molar refractivity (Wildman–Crippen MR) is 104 cm³/mol. The number of carbonyl (C=O) groups excluding carboxylic acids is 2. The normalized spacial score (nSPS) is 11.6. The van der Waals surface area contributed by atoms with Gasteiger partial charge >= 0.3 is 5.97 Å². The first-order valence-corrected chi connectivity index (χ1v) is 9.53. The predicted octanol–water partition coefficient (Wildman–Crippen LogP) is 1.65. The third-order valence-corrected chi connectivity index (χ3v) is 4.80. The van der Waals surface area contributed by atoms with Gasteiger partial charge in [0.05, 0.1) is 18.6 Å². The Labute approximate surface area is 166 Å². The molecule has 1 N–H and O–H groups in total. The number of nitrogens with zero attached hydrogens (tertiary/aromatic N) is 4. The zero-order valence-electron chi connectivity index (χ0n) is 15.2. The van der Waals surface area contributed by atoms with E-state index in [-0.39, 0.29) is 11.7 Å². The number of carbonyl (C=O) groups is 2. The van der Waals surface area contributed by atoms with Crippen LogP contribution in [-0.2, 0) is 20.7 Å². The number of methoxy groups -OCH3 is 1. The summed E-state index contributed by atoms with van der Waals surface area (Å²) in [7, 11) is 1.30. The Balaban J connectivity index is 1.61. The molecular formula is C19H19N5O3S. The Bertz CT molecular complexity index is 918. The molecule has 0 bridgehead atoms. The summed E-state index contributed by atoms with van der Waals surface area (Å²) in [6.45, 7) is 0. The van der Waals surface area contributed by atoms with Crippen molar-refractivity contribution in [3.63, 3.8) is 0 Å². The van der Waals surface area contributed by atoms with Crippen LogP contribution in [0.4, 0.5) is 0 Å². The minimum absolute atomic E-state index is 0.0650. The number of benzene rings is 2. The summed E-state index contributed by atoms with van der Waals surface area (Å²) in [6.07, 6.45) is 0.353.